The number of furan rings is 1. The first-order valence-corrected chi connectivity index (χ1v) is 21.1. The van der Waals surface area contributed by atoms with Crippen molar-refractivity contribution in [1.29, 1.82) is 0 Å². The lowest BCUT2D eigenvalue weighted by Crippen LogP contribution is -2.09. The van der Waals surface area contributed by atoms with Crippen LogP contribution in [0.4, 0.5) is 17.1 Å². The Labute approximate surface area is 363 Å². The topological polar surface area (TPSA) is 60.0 Å². The van der Waals surface area contributed by atoms with Crippen LogP contribution in [-0.4, -0.2) is 19.5 Å². The van der Waals surface area contributed by atoms with E-state index in [2.05, 4.69) is 185 Å². The highest BCUT2D eigenvalue weighted by Crippen LogP contribution is 2.40. The molecule has 12 aromatic rings. The second-order valence-electron chi connectivity index (χ2n) is 15.7. The van der Waals surface area contributed by atoms with Crippen LogP contribution in [0.25, 0.3) is 94.7 Å². The van der Waals surface area contributed by atoms with E-state index in [1.165, 1.54) is 32.9 Å². The molecule has 0 saturated carbocycles. The van der Waals surface area contributed by atoms with Gasteiger partial charge >= 0.3 is 0 Å². The summed E-state index contributed by atoms with van der Waals surface area (Å²) in [5, 5.41) is 4.50. The van der Waals surface area contributed by atoms with Gasteiger partial charge in [0.25, 0.3) is 0 Å². The minimum absolute atomic E-state index is 0.572. The molecule has 0 spiro atoms. The Balaban J connectivity index is 0.927. The molecule has 3 heterocycles. The summed E-state index contributed by atoms with van der Waals surface area (Å²) in [7, 11) is 0. The molecule has 0 saturated heterocycles. The predicted molar refractivity (Wildman–Crippen MR) is 258 cm³/mol. The molecule has 0 unspecified atom stereocenters. The van der Waals surface area contributed by atoms with Crippen LogP contribution < -0.4 is 4.90 Å². The molecule has 6 nitrogen and oxygen atoms in total. The first-order valence-electron chi connectivity index (χ1n) is 21.1. The molecular weight excluding hydrogens is 771 g/mol. The van der Waals surface area contributed by atoms with Crippen LogP contribution in [0.15, 0.2) is 229 Å². The van der Waals surface area contributed by atoms with E-state index >= 15 is 0 Å². The fraction of sp³-hybridized carbons (Fsp3) is 0. The van der Waals surface area contributed by atoms with Crippen molar-refractivity contribution < 1.29 is 4.42 Å². The summed E-state index contributed by atoms with van der Waals surface area (Å²) in [4.78, 5) is 17.5. The number of aromatic nitrogens is 4. The van der Waals surface area contributed by atoms with Crippen LogP contribution in [0.3, 0.4) is 0 Å². The Hall–Kier alpha value is -8.61. The molecule has 0 N–H and O–H groups in total. The minimum atomic E-state index is 0.572. The van der Waals surface area contributed by atoms with Gasteiger partial charge in [-0.15, -0.1) is 0 Å². The summed E-state index contributed by atoms with van der Waals surface area (Å²) >= 11 is 0. The normalized spacial score (nSPS) is 11.5. The van der Waals surface area contributed by atoms with Crippen LogP contribution in [0.2, 0.25) is 0 Å². The SMILES string of the molecule is c1ccc(-c2ccc(N(c3ccccc3)c3ccc4oc5cc(-c6nc(-c7ccccc7)nc(-c7ccc(-n8c9ccccc9c9ccccc98)cc7)n6)ccc5c4c3)cc2)cc1. The zero-order valence-electron chi connectivity index (χ0n) is 34.0. The van der Waals surface area contributed by atoms with Crippen molar-refractivity contribution in [2.45, 2.75) is 0 Å². The van der Waals surface area contributed by atoms with Crippen LogP contribution in [-0.2, 0) is 0 Å². The number of nitrogens with zero attached hydrogens (tertiary/aromatic N) is 5. The van der Waals surface area contributed by atoms with Gasteiger partial charge in [-0.3, -0.25) is 0 Å². The van der Waals surface area contributed by atoms with E-state index in [-0.39, 0.29) is 0 Å². The first kappa shape index (κ1) is 36.3. The van der Waals surface area contributed by atoms with Gasteiger partial charge in [0, 0.05) is 61.0 Å². The van der Waals surface area contributed by atoms with Gasteiger partial charge in [0.05, 0.1) is 11.0 Å². The highest BCUT2D eigenvalue weighted by atomic mass is 16.3. The smallest absolute Gasteiger partial charge is 0.164 e. The molecule has 9 aromatic carbocycles. The Kier molecular flexibility index (Phi) is 8.71. The highest BCUT2D eigenvalue weighted by molar-refractivity contribution is 6.09. The maximum Gasteiger partial charge on any atom is 0.164 e. The lowest BCUT2D eigenvalue weighted by molar-refractivity contribution is 0.669. The summed E-state index contributed by atoms with van der Waals surface area (Å²) in [6.07, 6.45) is 0. The van der Waals surface area contributed by atoms with E-state index in [9.17, 15) is 0 Å². The van der Waals surface area contributed by atoms with Gasteiger partial charge in [0.2, 0.25) is 0 Å². The van der Waals surface area contributed by atoms with Gasteiger partial charge in [-0.1, -0.05) is 133 Å². The van der Waals surface area contributed by atoms with Gasteiger partial charge in [-0.2, -0.15) is 0 Å². The molecule has 0 bridgehead atoms. The van der Waals surface area contributed by atoms with Crippen LogP contribution in [0.5, 0.6) is 0 Å². The fourth-order valence-electron chi connectivity index (χ4n) is 8.81. The maximum atomic E-state index is 6.57. The number of fused-ring (bicyclic) bond motifs is 6. The third-order valence-corrected chi connectivity index (χ3v) is 11.8. The summed E-state index contributed by atoms with van der Waals surface area (Å²) in [6, 6.07) is 78.0. The fourth-order valence-corrected chi connectivity index (χ4v) is 8.81. The average molecular weight is 808 g/mol. The highest BCUT2D eigenvalue weighted by Gasteiger charge is 2.19. The van der Waals surface area contributed by atoms with Crippen molar-refractivity contribution in [2.75, 3.05) is 4.90 Å². The number of benzene rings is 9. The summed E-state index contributed by atoms with van der Waals surface area (Å²) < 4.78 is 8.89. The molecule has 0 aliphatic carbocycles. The third-order valence-electron chi connectivity index (χ3n) is 11.8. The summed E-state index contributed by atoms with van der Waals surface area (Å²) in [5.74, 6) is 1.77. The molecule has 0 fully saturated rings. The molecule has 296 valence electrons. The van der Waals surface area contributed by atoms with Crippen molar-refractivity contribution in [3.63, 3.8) is 0 Å². The van der Waals surface area contributed by atoms with Gasteiger partial charge in [0.1, 0.15) is 11.2 Å². The second-order valence-corrected chi connectivity index (χ2v) is 15.7. The largest absolute Gasteiger partial charge is 0.456 e. The Morgan fingerprint density at radius 3 is 1.44 bits per heavy atom. The maximum absolute atomic E-state index is 6.57. The van der Waals surface area contributed by atoms with Gasteiger partial charge in [-0.25, -0.2) is 15.0 Å². The van der Waals surface area contributed by atoms with E-state index < -0.39 is 0 Å². The van der Waals surface area contributed by atoms with E-state index in [1.807, 2.05) is 48.5 Å². The monoisotopic (exact) mass is 807 g/mol. The third kappa shape index (κ3) is 6.49. The number of para-hydroxylation sites is 3. The van der Waals surface area contributed by atoms with Crippen molar-refractivity contribution in [1.82, 2.24) is 19.5 Å². The molecule has 0 atom stereocenters. The Morgan fingerprint density at radius 2 is 0.794 bits per heavy atom. The number of hydrogen-bond acceptors (Lipinski definition) is 5. The molecule has 0 radical (unpaired) electrons. The number of hydrogen-bond donors (Lipinski definition) is 0. The van der Waals surface area contributed by atoms with E-state index in [0.717, 1.165) is 61.4 Å². The van der Waals surface area contributed by atoms with Crippen molar-refractivity contribution >= 4 is 60.8 Å². The van der Waals surface area contributed by atoms with E-state index in [1.54, 1.807) is 0 Å². The van der Waals surface area contributed by atoms with E-state index in [0.29, 0.717) is 17.5 Å². The predicted octanol–water partition coefficient (Wildman–Crippen LogP) is 15.0. The lowest BCUT2D eigenvalue weighted by atomic mass is 10.0. The number of anilines is 3. The zero-order valence-corrected chi connectivity index (χ0v) is 34.0. The van der Waals surface area contributed by atoms with E-state index in [4.69, 9.17) is 19.4 Å². The van der Waals surface area contributed by atoms with Crippen molar-refractivity contribution in [3.8, 4) is 51.0 Å². The minimum Gasteiger partial charge on any atom is -0.456 e. The van der Waals surface area contributed by atoms with Crippen LogP contribution >= 0.6 is 0 Å². The standard InChI is InChI=1S/C57H37N5O/c1-4-14-38(15-5-1)39-24-29-44(30-25-39)61(43-18-8-3-9-19-43)46-33-35-53-50(37-46)49-34-28-42(36-54(49)63-53)57-59-55(40-16-6-2-7-17-40)58-56(60-57)41-26-31-45(32-27-41)62-51-22-12-10-20-47(51)48-21-11-13-23-52(48)62/h1-37H. The van der Waals surface area contributed by atoms with Gasteiger partial charge < -0.3 is 13.9 Å². The first-order chi connectivity index (χ1) is 31.2. The number of rotatable bonds is 8. The average Bonchev–Trinajstić information content (AvgIpc) is 3.90. The zero-order chi connectivity index (χ0) is 41.7. The summed E-state index contributed by atoms with van der Waals surface area (Å²) in [6.45, 7) is 0. The molecule has 0 aliphatic rings. The second kappa shape index (κ2) is 15.1. The molecule has 0 amide bonds. The molecular formula is C57H37N5O. The Bertz CT molecular complexity index is 3550. The van der Waals surface area contributed by atoms with Crippen molar-refractivity contribution in [3.05, 3.63) is 224 Å². The quantitative estimate of drug-likeness (QED) is 0.153. The van der Waals surface area contributed by atoms with Gasteiger partial charge in [0.15, 0.2) is 17.5 Å². The molecule has 0 aliphatic heterocycles. The molecule has 3 aromatic heterocycles. The van der Waals surface area contributed by atoms with Crippen molar-refractivity contribution in [2.24, 2.45) is 0 Å². The Morgan fingerprint density at radius 1 is 0.317 bits per heavy atom. The van der Waals surface area contributed by atoms with Gasteiger partial charge in [-0.05, 0) is 102 Å². The van der Waals surface area contributed by atoms with Crippen LogP contribution in [0.1, 0.15) is 0 Å². The molecule has 12 rings (SSSR count). The summed E-state index contributed by atoms with van der Waals surface area (Å²) in [5.41, 5.74) is 13.2. The molecule has 63 heavy (non-hydrogen) atoms. The van der Waals surface area contributed by atoms with Crippen LogP contribution in [0, 0.1) is 0 Å². The lowest BCUT2D eigenvalue weighted by Gasteiger charge is -2.25. The molecule has 6 heteroatoms.